The van der Waals surface area contributed by atoms with Gasteiger partial charge in [0, 0.05) is 0 Å². The van der Waals surface area contributed by atoms with Crippen LogP contribution in [0.5, 0.6) is 0 Å². The van der Waals surface area contributed by atoms with E-state index < -0.39 is 0 Å². The molecule has 0 spiro atoms. The molecule has 3 nitrogen and oxygen atoms in total. The summed E-state index contributed by atoms with van der Waals surface area (Å²) < 4.78 is 4.80. The molecule has 2 aliphatic rings. The first kappa shape index (κ1) is 11.8. The second-order valence-corrected chi connectivity index (χ2v) is 4.32. The van der Waals surface area contributed by atoms with Crippen molar-refractivity contribution >= 4 is 18.4 Å². The van der Waals surface area contributed by atoms with Crippen molar-refractivity contribution < 1.29 is 9.53 Å². The number of piperidine rings is 1. The number of carbonyl (C=O) groups is 1. The fourth-order valence-electron chi connectivity index (χ4n) is 2.75. The lowest BCUT2D eigenvalue weighted by molar-refractivity contribution is -0.148. The Kier molecular flexibility index (Phi) is 4.20. The predicted octanol–water partition coefficient (Wildman–Crippen LogP) is 1.22. The van der Waals surface area contributed by atoms with Crippen molar-refractivity contribution in [1.29, 1.82) is 0 Å². The van der Waals surface area contributed by atoms with Crippen molar-refractivity contribution in [2.45, 2.75) is 19.3 Å². The number of fused-ring (bicyclic) bond motifs is 2. The molecule has 1 aliphatic carbocycles. The molecule has 0 amide bonds. The quantitative estimate of drug-likeness (QED) is 0.674. The second-order valence-electron chi connectivity index (χ2n) is 4.32. The maximum absolute atomic E-state index is 11.4. The molecule has 2 rings (SSSR count). The first-order valence-corrected chi connectivity index (χ1v) is 5.08. The largest absolute Gasteiger partial charge is 0.469 e. The molecule has 1 heterocycles. The Labute approximate surface area is 91.0 Å². The highest BCUT2D eigenvalue weighted by Crippen LogP contribution is 2.35. The van der Waals surface area contributed by atoms with Gasteiger partial charge in [-0.1, -0.05) is 0 Å². The van der Waals surface area contributed by atoms with Crippen LogP contribution in [0.15, 0.2) is 0 Å². The van der Waals surface area contributed by atoms with Gasteiger partial charge in [-0.15, -0.1) is 12.4 Å². The third-order valence-corrected chi connectivity index (χ3v) is 3.30. The molecule has 2 fully saturated rings. The summed E-state index contributed by atoms with van der Waals surface area (Å²) in [5.74, 6) is 1.58. The van der Waals surface area contributed by atoms with Crippen molar-refractivity contribution in [1.82, 2.24) is 5.32 Å². The number of hydrogen-bond donors (Lipinski definition) is 1. The van der Waals surface area contributed by atoms with Crippen molar-refractivity contribution in [3.63, 3.8) is 0 Å². The van der Waals surface area contributed by atoms with Crippen molar-refractivity contribution in [2.75, 3.05) is 20.2 Å². The van der Waals surface area contributed by atoms with Crippen LogP contribution in [0, 0.1) is 17.8 Å². The summed E-state index contributed by atoms with van der Waals surface area (Å²) in [5.41, 5.74) is 0. The van der Waals surface area contributed by atoms with Gasteiger partial charge in [0.15, 0.2) is 0 Å². The van der Waals surface area contributed by atoms with Gasteiger partial charge in [-0.3, -0.25) is 4.79 Å². The number of ether oxygens (including phenoxy) is 1. The van der Waals surface area contributed by atoms with E-state index in [4.69, 9.17) is 4.74 Å². The Bertz CT molecular complexity index is 198. The van der Waals surface area contributed by atoms with Gasteiger partial charge < -0.3 is 10.1 Å². The minimum atomic E-state index is -0.00315. The molecular weight excluding hydrogens is 202 g/mol. The zero-order chi connectivity index (χ0) is 9.26. The van der Waals surface area contributed by atoms with Crippen molar-refractivity contribution in [3.05, 3.63) is 0 Å². The Hall–Kier alpha value is -0.280. The third-order valence-electron chi connectivity index (χ3n) is 3.30. The zero-order valence-corrected chi connectivity index (χ0v) is 9.31. The first-order valence-electron chi connectivity index (χ1n) is 5.08. The third kappa shape index (κ3) is 2.39. The summed E-state index contributed by atoms with van der Waals surface area (Å²) in [4.78, 5) is 11.4. The molecule has 0 aromatic rings. The number of methoxy groups -OCH3 is 1. The Morgan fingerprint density at radius 3 is 2.29 bits per heavy atom. The number of esters is 1. The summed E-state index contributed by atoms with van der Waals surface area (Å²) in [6.07, 6.45) is 3.35. The molecule has 2 unspecified atom stereocenters. The van der Waals surface area contributed by atoms with Crippen LogP contribution in [0.2, 0.25) is 0 Å². The van der Waals surface area contributed by atoms with Crippen molar-refractivity contribution in [2.24, 2.45) is 17.8 Å². The lowest BCUT2D eigenvalue weighted by Crippen LogP contribution is -2.43. The number of halogens is 1. The highest BCUT2D eigenvalue weighted by Gasteiger charge is 2.35. The van der Waals surface area contributed by atoms with Crippen molar-refractivity contribution in [3.8, 4) is 0 Å². The minimum Gasteiger partial charge on any atom is -0.469 e. The number of carbonyl (C=O) groups excluding carboxylic acids is 1. The molecular formula is C10H18ClNO2. The average molecular weight is 220 g/mol. The number of hydrogen-bond acceptors (Lipinski definition) is 3. The zero-order valence-electron chi connectivity index (χ0n) is 8.49. The van der Waals surface area contributed by atoms with Gasteiger partial charge in [-0.25, -0.2) is 0 Å². The van der Waals surface area contributed by atoms with E-state index in [9.17, 15) is 4.79 Å². The maximum atomic E-state index is 11.4. The highest BCUT2D eigenvalue weighted by atomic mass is 35.5. The summed E-state index contributed by atoms with van der Waals surface area (Å²) in [6, 6.07) is 0. The van der Waals surface area contributed by atoms with Gasteiger partial charge >= 0.3 is 5.97 Å². The molecule has 1 aliphatic heterocycles. The van der Waals surface area contributed by atoms with Gasteiger partial charge in [0.1, 0.15) is 0 Å². The van der Waals surface area contributed by atoms with Gasteiger partial charge in [-0.05, 0) is 44.2 Å². The highest BCUT2D eigenvalue weighted by molar-refractivity contribution is 5.85. The van der Waals surface area contributed by atoms with Gasteiger partial charge in [0.25, 0.3) is 0 Å². The predicted molar refractivity (Wildman–Crippen MR) is 56.5 cm³/mol. The van der Waals surface area contributed by atoms with Crippen LogP contribution in [-0.2, 0) is 9.53 Å². The molecule has 2 atom stereocenters. The molecule has 2 bridgehead atoms. The number of rotatable bonds is 1. The molecule has 0 aromatic heterocycles. The fraction of sp³-hybridized carbons (Fsp3) is 0.900. The lowest BCUT2D eigenvalue weighted by atomic mass is 9.73. The van der Waals surface area contributed by atoms with E-state index in [1.165, 1.54) is 13.5 Å². The Morgan fingerprint density at radius 2 is 1.79 bits per heavy atom. The minimum absolute atomic E-state index is 0. The fourth-order valence-corrected chi connectivity index (χ4v) is 2.75. The topological polar surface area (TPSA) is 38.3 Å². The van der Waals surface area contributed by atoms with Crippen LogP contribution >= 0.6 is 12.4 Å². The maximum Gasteiger partial charge on any atom is 0.308 e. The molecule has 1 saturated heterocycles. The molecule has 4 heteroatoms. The SMILES string of the molecule is COC(=O)C1CC2CNCC(C2)C1.Cl. The molecule has 0 radical (unpaired) electrons. The van der Waals surface area contributed by atoms with E-state index in [1.54, 1.807) is 0 Å². The van der Waals surface area contributed by atoms with E-state index in [1.807, 2.05) is 0 Å². The molecule has 1 N–H and O–H groups in total. The Balaban J connectivity index is 0.000000980. The monoisotopic (exact) mass is 219 g/mol. The molecule has 14 heavy (non-hydrogen) atoms. The molecule has 1 saturated carbocycles. The second kappa shape index (κ2) is 4.99. The first-order chi connectivity index (χ1) is 6.29. The van der Waals surface area contributed by atoms with Crippen LogP contribution < -0.4 is 5.32 Å². The van der Waals surface area contributed by atoms with Gasteiger partial charge in [-0.2, -0.15) is 0 Å². The summed E-state index contributed by atoms with van der Waals surface area (Å²) in [7, 11) is 1.49. The van der Waals surface area contributed by atoms with Crippen LogP contribution in [0.3, 0.4) is 0 Å². The smallest absolute Gasteiger partial charge is 0.308 e. The summed E-state index contributed by atoms with van der Waals surface area (Å²) in [5, 5.41) is 3.41. The van der Waals surface area contributed by atoms with Crippen LogP contribution in [0.4, 0.5) is 0 Å². The van der Waals surface area contributed by atoms with Gasteiger partial charge in [0.05, 0.1) is 13.0 Å². The average Bonchev–Trinajstić information content (AvgIpc) is 2.16. The summed E-state index contributed by atoms with van der Waals surface area (Å²) >= 11 is 0. The summed E-state index contributed by atoms with van der Waals surface area (Å²) in [6.45, 7) is 2.17. The lowest BCUT2D eigenvalue weighted by Gasteiger charge is -2.38. The van der Waals surface area contributed by atoms with E-state index >= 15 is 0 Å². The number of nitrogens with one attached hydrogen (secondary N) is 1. The van der Waals surface area contributed by atoms with Crippen LogP contribution in [0.1, 0.15) is 19.3 Å². The standard InChI is InChI=1S/C10H17NO2.ClH/c1-13-10(12)9-3-7-2-8(4-9)6-11-5-7;/h7-9,11H,2-6H2,1H3;1H. The van der Waals surface area contributed by atoms with E-state index in [0.717, 1.165) is 25.9 Å². The van der Waals surface area contributed by atoms with Crippen LogP contribution in [-0.4, -0.2) is 26.2 Å². The molecule has 82 valence electrons. The normalized spacial score (nSPS) is 35.6. The van der Waals surface area contributed by atoms with E-state index in [2.05, 4.69) is 5.32 Å². The van der Waals surface area contributed by atoms with Crippen LogP contribution in [0.25, 0.3) is 0 Å². The molecule has 0 aromatic carbocycles. The van der Waals surface area contributed by atoms with Gasteiger partial charge in [0.2, 0.25) is 0 Å². The van der Waals surface area contributed by atoms with E-state index in [0.29, 0.717) is 11.8 Å². The van der Waals surface area contributed by atoms with E-state index in [-0.39, 0.29) is 24.3 Å². The Morgan fingerprint density at radius 1 is 1.21 bits per heavy atom.